The minimum Gasteiger partial charge on any atom is -0.462 e. The Morgan fingerprint density at radius 2 is 2.08 bits per heavy atom. The van der Waals surface area contributed by atoms with E-state index in [4.69, 9.17) is 21.3 Å². The van der Waals surface area contributed by atoms with Gasteiger partial charge in [0.1, 0.15) is 0 Å². The molecule has 0 unspecified atom stereocenters. The van der Waals surface area contributed by atoms with Gasteiger partial charge in [0.15, 0.2) is 0 Å². The molecule has 0 fully saturated rings. The number of thiophene rings is 1. The largest absolute Gasteiger partial charge is 0.462 e. The first-order valence-corrected chi connectivity index (χ1v) is 10.2. The van der Waals surface area contributed by atoms with E-state index in [2.05, 4.69) is 6.92 Å². The van der Waals surface area contributed by atoms with Crippen LogP contribution in [0.15, 0.2) is 35.7 Å². The number of esters is 1. The number of ether oxygens (including phenoxy) is 1. The van der Waals surface area contributed by atoms with Crippen molar-refractivity contribution in [2.75, 3.05) is 6.61 Å². The maximum Gasteiger partial charge on any atom is 0.338 e. The number of aryl methyl sites for hydroxylation is 1. The number of halogens is 1. The monoisotopic (exact) mass is 387 g/mol. The average molecular weight is 388 g/mol. The number of fused-ring (bicyclic) bond motifs is 1. The van der Waals surface area contributed by atoms with Crippen LogP contribution in [0.3, 0.4) is 0 Å². The van der Waals surface area contributed by atoms with Crippen molar-refractivity contribution in [1.29, 1.82) is 0 Å². The zero-order valence-electron chi connectivity index (χ0n) is 15.0. The zero-order valence-corrected chi connectivity index (χ0v) is 16.6. The minimum atomic E-state index is -0.298. The van der Waals surface area contributed by atoms with Crippen molar-refractivity contribution in [2.45, 2.75) is 39.5 Å². The lowest BCUT2D eigenvalue weighted by Gasteiger charge is -2.11. The first-order chi connectivity index (χ1) is 12.6. The van der Waals surface area contributed by atoms with Crippen LogP contribution in [0.25, 0.3) is 21.5 Å². The molecule has 0 saturated heterocycles. The van der Waals surface area contributed by atoms with Crippen molar-refractivity contribution in [3.05, 3.63) is 51.9 Å². The SMILES string of the molecule is CCCCCCOC(=O)c1cc(-c2cccs2)nc2c(C)c(Cl)ccc12. The molecule has 0 aliphatic carbocycles. The maximum atomic E-state index is 12.7. The summed E-state index contributed by atoms with van der Waals surface area (Å²) in [6.45, 7) is 4.54. The first kappa shape index (κ1) is 18.9. The van der Waals surface area contributed by atoms with Gasteiger partial charge in [-0.05, 0) is 42.5 Å². The summed E-state index contributed by atoms with van der Waals surface area (Å²) in [5.41, 5.74) is 2.95. The molecule has 0 radical (unpaired) electrons. The van der Waals surface area contributed by atoms with Crippen molar-refractivity contribution in [3.63, 3.8) is 0 Å². The number of pyridine rings is 1. The highest BCUT2D eigenvalue weighted by atomic mass is 35.5. The molecule has 0 amide bonds. The van der Waals surface area contributed by atoms with E-state index in [1.165, 1.54) is 0 Å². The number of hydrogen-bond donors (Lipinski definition) is 0. The van der Waals surface area contributed by atoms with Crippen LogP contribution in [0.5, 0.6) is 0 Å². The number of unbranched alkanes of at least 4 members (excludes halogenated alkanes) is 3. The van der Waals surface area contributed by atoms with Gasteiger partial charge in [-0.1, -0.05) is 49.9 Å². The van der Waals surface area contributed by atoms with E-state index in [1.54, 1.807) is 11.3 Å². The summed E-state index contributed by atoms with van der Waals surface area (Å²) in [7, 11) is 0. The van der Waals surface area contributed by atoms with Crippen molar-refractivity contribution in [3.8, 4) is 10.6 Å². The van der Waals surface area contributed by atoms with Gasteiger partial charge in [0.05, 0.1) is 28.3 Å². The van der Waals surface area contributed by atoms with E-state index in [1.807, 2.05) is 42.6 Å². The number of carbonyl (C=O) groups excluding carboxylic acids is 1. The van der Waals surface area contributed by atoms with Crippen LogP contribution >= 0.6 is 22.9 Å². The molecule has 3 rings (SSSR count). The number of rotatable bonds is 7. The summed E-state index contributed by atoms with van der Waals surface area (Å²) >= 11 is 7.87. The van der Waals surface area contributed by atoms with Gasteiger partial charge >= 0.3 is 5.97 Å². The molecule has 0 bridgehead atoms. The molecule has 1 aromatic carbocycles. The summed E-state index contributed by atoms with van der Waals surface area (Å²) in [5, 5.41) is 3.43. The van der Waals surface area contributed by atoms with E-state index in [0.717, 1.165) is 52.7 Å². The van der Waals surface area contributed by atoms with Crippen LogP contribution in [0.4, 0.5) is 0 Å². The Kier molecular flexibility index (Phi) is 6.28. The Morgan fingerprint density at radius 3 is 2.81 bits per heavy atom. The number of carbonyl (C=O) groups is 1. The fourth-order valence-corrected chi connectivity index (χ4v) is 3.73. The van der Waals surface area contributed by atoms with Crippen LogP contribution in [0.2, 0.25) is 5.02 Å². The van der Waals surface area contributed by atoms with E-state index >= 15 is 0 Å². The third-order valence-electron chi connectivity index (χ3n) is 4.39. The first-order valence-electron chi connectivity index (χ1n) is 8.92. The van der Waals surface area contributed by atoms with Crippen molar-refractivity contribution in [2.24, 2.45) is 0 Å². The zero-order chi connectivity index (χ0) is 18.5. The number of nitrogens with zero attached hydrogens (tertiary/aromatic N) is 1. The van der Waals surface area contributed by atoms with Gasteiger partial charge < -0.3 is 4.74 Å². The molecule has 0 spiro atoms. The number of aromatic nitrogens is 1. The van der Waals surface area contributed by atoms with E-state index in [9.17, 15) is 4.79 Å². The molecular weight excluding hydrogens is 366 g/mol. The predicted octanol–water partition coefficient (Wildman–Crippen LogP) is 6.66. The lowest BCUT2D eigenvalue weighted by molar-refractivity contribution is 0.0500. The molecule has 0 saturated carbocycles. The molecule has 2 aromatic heterocycles. The predicted molar refractivity (Wildman–Crippen MR) is 109 cm³/mol. The molecule has 3 nitrogen and oxygen atoms in total. The fraction of sp³-hybridized carbons (Fsp3) is 0.333. The Morgan fingerprint density at radius 1 is 1.23 bits per heavy atom. The lowest BCUT2D eigenvalue weighted by atomic mass is 10.0. The second-order valence-electron chi connectivity index (χ2n) is 6.30. The van der Waals surface area contributed by atoms with Gasteiger partial charge in [-0.25, -0.2) is 9.78 Å². The van der Waals surface area contributed by atoms with Crippen molar-refractivity contribution >= 4 is 39.8 Å². The molecule has 0 aliphatic rings. The molecule has 26 heavy (non-hydrogen) atoms. The second-order valence-corrected chi connectivity index (χ2v) is 7.65. The number of hydrogen-bond acceptors (Lipinski definition) is 4. The second kappa shape index (κ2) is 8.65. The molecule has 136 valence electrons. The van der Waals surface area contributed by atoms with Crippen LogP contribution in [0, 0.1) is 6.92 Å². The van der Waals surface area contributed by atoms with Gasteiger partial charge in [0, 0.05) is 10.4 Å². The van der Waals surface area contributed by atoms with Gasteiger partial charge in [0.2, 0.25) is 0 Å². The molecule has 0 atom stereocenters. The molecule has 0 aliphatic heterocycles. The van der Waals surface area contributed by atoms with Crippen molar-refractivity contribution in [1.82, 2.24) is 4.98 Å². The van der Waals surface area contributed by atoms with Crippen LogP contribution < -0.4 is 0 Å². The van der Waals surface area contributed by atoms with Crippen LogP contribution in [-0.4, -0.2) is 17.6 Å². The lowest BCUT2D eigenvalue weighted by Crippen LogP contribution is -2.08. The Bertz CT molecular complexity index is 906. The van der Waals surface area contributed by atoms with Crippen LogP contribution in [0.1, 0.15) is 48.5 Å². The summed E-state index contributed by atoms with van der Waals surface area (Å²) in [6.07, 6.45) is 4.30. The minimum absolute atomic E-state index is 0.298. The molecule has 5 heteroatoms. The molecule has 2 heterocycles. The third kappa shape index (κ3) is 4.08. The highest BCUT2D eigenvalue weighted by molar-refractivity contribution is 7.13. The Balaban J connectivity index is 1.97. The quantitative estimate of drug-likeness (QED) is 0.336. The normalized spacial score (nSPS) is 11.0. The van der Waals surface area contributed by atoms with Gasteiger partial charge in [-0.3, -0.25) is 0 Å². The van der Waals surface area contributed by atoms with Gasteiger partial charge in [-0.2, -0.15) is 0 Å². The van der Waals surface area contributed by atoms with Crippen molar-refractivity contribution < 1.29 is 9.53 Å². The van der Waals surface area contributed by atoms with E-state index in [-0.39, 0.29) is 5.97 Å². The summed E-state index contributed by atoms with van der Waals surface area (Å²) in [4.78, 5) is 18.5. The molecular formula is C21H22ClNO2S. The standard InChI is InChI=1S/C21H22ClNO2S/c1-3-4-5-6-11-25-21(24)16-13-18(19-8-7-12-26-19)23-20-14(2)17(22)10-9-15(16)20/h7-10,12-13H,3-6,11H2,1-2H3. The number of benzene rings is 1. The smallest absolute Gasteiger partial charge is 0.338 e. The fourth-order valence-electron chi connectivity index (χ4n) is 2.90. The van der Waals surface area contributed by atoms with E-state index in [0.29, 0.717) is 17.2 Å². The third-order valence-corrected chi connectivity index (χ3v) is 5.69. The highest BCUT2D eigenvalue weighted by Gasteiger charge is 2.17. The summed E-state index contributed by atoms with van der Waals surface area (Å²) < 4.78 is 5.53. The molecule has 0 N–H and O–H groups in total. The summed E-state index contributed by atoms with van der Waals surface area (Å²) in [5.74, 6) is -0.298. The van der Waals surface area contributed by atoms with Gasteiger partial charge in [-0.15, -0.1) is 11.3 Å². The Hall–Kier alpha value is -1.91. The average Bonchev–Trinajstić information content (AvgIpc) is 3.18. The van der Waals surface area contributed by atoms with E-state index < -0.39 is 0 Å². The van der Waals surface area contributed by atoms with Gasteiger partial charge in [0.25, 0.3) is 0 Å². The molecule has 3 aromatic rings. The van der Waals surface area contributed by atoms with Crippen LogP contribution in [-0.2, 0) is 4.74 Å². The Labute approximate surface area is 163 Å². The maximum absolute atomic E-state index is 12.7. The summed E-state index contributed by atoms with van der Waals surface area (Å²) in [6, 6.07) is 9.46. The topological polar surface area (TPSA) is 39.2 Å². The highest BCUT2D eigenvalue weighted by Crippen LogP contribution is 2.32.